The molecule has 1 fully saturated rings. The van der Waals surface area contributed by atoms with E-state index < -0.39 is 12.0 Å². The Hall–Kier alpha value is -1.14. The van der Waals surface area contributed by atoms with Gasteiger partial charge in [-0.25, -0.2) is 4.79 Å². The second kappa shape index (κ2) is 7.33. The first-order valence-corrected chi connectivity index (χ1v) is 6.30. The average molecular weight is 258 g/mol. The first kappa shape index (κ1) is 14.9. The number of carbonyl (C=O) groups excluding carboxylic acids is 1. The molecule has 0 radical (unpaired) electrons. The lowest BCUT2D eigenvalue weighted by Gasteiger charge is -2.28. The number of nitrogens with one attached hydrogen (secondary N) is 2. The normalized spacial score (nSPS) is 25.4. The monoisotopic (exact) mass is 258 g/mol. The summed E-state index contributed by atoms with van der Waals surface area (Å²) in [6.07, 6.45) is 2.08. The number of rotatable bonds is 6. The summed E-state index contributed by atoms with van der Waals surface area (Å²) in [6, 6.07) is -1.16. The SMILES string of the molecule is COCCC(NC(=O)C1CC(C)CCN1)C(=O)O. The Labute approximate surface area is 107 Å². The number of carbonyl (C=O) groups is 2. The zero-order valence-electron chi connectivity index (χ0n) is 10.9. The van der Waals surface area contributed by atoms with E-state index in [-0.39, 0.29) is 18.4 Å². The second-order valence-electron chi connectivity index (χ2n) is 4.82. The van der Waals surface area contributed by atoms with Crippen LogP contribution in [0, 0.1) is 5.92 Å². The lowest BCUT2D eigenvalue weighted by atomic mass is 9.93. The van der Waals surface area contributed by atoms with E-state index >= 15 is 0 Å². The third-order valence-corrected chi connectivity index (χ3v) is 3.21. The van der Waals surface area contributed by atoms with Crippen LogP contribution in [0.25, 0.3) is 0 Å². The van der Waals surface area contributed by atoms with Gasteiger partial charge in [-0.2, -0.15) is 0 Å². The second-order valence-corrected chi connectivity index (χ2v) is 4.82. The van der Waals surface area contributed by atoms with Gasteiger partial charge in [0, 0.05) is 20.1 Å². The molecule has 0 saturated carbocycles. The van der Waals surface area contributed by atoms with E-state index in [2.05, 4.69) is 17.6 Å². The maximum absolute atomic E-state index is 11.9. The molecule has 6 nitrogen and oxygen atoms in total. The van der Waals surface area contributed by atoms with Crippen LogP contribution in [-0.2, 0) is 14.3 Å². The number of hydrogen-bond donors (Lipinski definition) is 3. The molecule has 0 aromatic carbocycles. The van der Waals surface area contributed by atoms with Crippen molar-refractivity contribution in [3.63, 3.8) is 0 Å². The van der Waals surface area contributed by atoms with Gasteiger partial charge in [0.05, 0.1) is 6.04 Å². The van der Waals surface area contributed by atoms with Gasteiger partial charge in [-0.15, -0.1) is 0 Å². The lowest BCUT2D eigenvalue weighted by Crippen LogP contribution is -2.52. The van der Waals surface area contributed by atoms with Crippen molar-refractivity contribution < 1.29 is 19.4 Å². The summed E-state index contributed by atoms with van der Waals surface area (Å²) < 4.78 is 4.84. The van der Waals surface area contributed by atoms with E-state index in [1.165, 1.54) is 7.11 Å². The lowest BCUT2D eigenvalue weighted by molar-refractivity contribution is -0.142. The van der Waals surface area contributed by atoms with Gasteiger partial charge in [0.1, 0.15) is 6.04 Å². The fraction of sp³-hybridized carbons (Fsp3) is 0.833. The van der Waals surface area contributed by atoms with E-state index in [4.69, 9.17) is 9.84 Å². The zero-order chi connectivity index (χ0) is 13.5. The molecular weight excluding hydrogens is 236 g/mol. The van der Waals surface area contributed by atoms with Crippen LogP contribution in [0.4, 0.5) is 0 Å². The largest absolute Gasteiger partial charge is 0.480 e. The summed E-state index contributed by atoms with van der Waals surface area (Å²) in [5, 5.41) is 14.7. The van der Waals surface area contributed by atoms with Crippen molar-refractivity contribution in [3.05, 3.63) is 0 Å². The smallest absolute Gasteiger partial charge is 0.326 e. The van der Waals surface area contributed by atoms with Crippen molar-refractivity contribution in [2.24, 2.45) is 5.92 Å². The molecule has 3 N–H and O–H groups in total. The van der Waals surface area contributed by atoms with E-state index in [1.54, 1.807) is 0 Å². The fourth-order valence-electron chi connectivity index (χ4n) is 2.07. The van der Waals surface area contributed by atoms with Crippen molar-refractivity contribution in [1.82, 2.24) is 10.6 Å². The molecule has 3 atom stereocenters. The van der Waals surface area contributed by atoms with Crippen LogP contribution in [0.2, 0.25) is 0 Å². The van der Waals surface area contributed by atoms with Crippen LogP contribution in [0.1, 0.15) is 26.2 Å². The topological polar surface area (TPSA) is 87.7 Å². The molecule has 1 amide bonds. The molecule has 1 aliphatic heterocycles. The predicted molar refractivity (Wildman–Crippen MR) is 66.2 cm³/mol. The Balaban J connectivity index is 2.46. The van der Waals surface area contributed by atoms with Gasteiger partial charge in [-0.05, 0) is 25.3 Å². The van der Waals surface area contributed by atoms with Crippen molar-refractivity contribution in [2.75, 3.05) is 20.3 Å². The molecule has 3 unspecified atom stereocenters. The van der Waals surface area contributed by atoms with Gasteiger partial charge in [0.2, 0.25) is 5.91 Å². The summed E-state index contributed by atoms with van der Waals surface area (Å²) in [4.78, 5) is 22.9. The Morgan fingerprint density at radius 2 is 2.28 bits per heavy atom. The number of piperidine rings is 1. The minimum absolute atomic E-state index is 0.231. The number of hydrogen-bond acceptors (Lipinski definition) is 4. The van der Waals surface area contributed by atoms with E-state index in [9.17, 15) is 9.59 Å². The molecule has 6 heteroatoms. The Kier molecular flexibility index (Phi) is 6.07. The maximum Gasteiger partial charge on any atom is 0.326 e. The summed E-state index contributed by atoms with van der Waals surface area (Å²) in [5.41, 5.74) is 0. The Bertz CT molecular complexity index is 296. The number of amides is 1. The van der Waals surface area contributed by atoms with Gasteiger partial charge >= 0.3 is 5.97 Å². The van der Waals surface area contributed by atoms with Crippen LogP contribution in [0.15, 0.2) is 0 Å². The van der Waals surface area contributed by atoms with Crippen molar-refractivity contribution >= 4 is 11.9 Å². The molecule has 0 aliphatic carbocycles. The van der Waals surface area contributed by atoms with Crippen LogP contribution >= 0.6 is 0 Å². The van der Waals surface area contributed by atoms with Crippen LogP contribution in [0.3, 0.4) is 0 Å². The molecule has 0 aromatic rings. The molecular formula is C12H22N2O4. The van der Waals surface area contributed by atoms with E-state index in [1.807, 2.05) is 0 Å². The minimum atomic E-state index is -1.02. The molecule has 0 aromatic heterocycles. The highest BCUT2D eigenvalue weighted by atomic mass is 16.5. The molecule has 1 rings (SSSR count). The predicted octanol–water partition coefficient (Wildman–Crippen LogP) is -0.0196. The first-order chi connectivity index (χ1) is 8.54. The van der Waals surface area contributed by atoms with Gasteiger partial charge in [-0.3, -0.25) is 4.79 Å². The molecule has 18 heavy (non-hydrogen) atoms. The number of methoxy groups -OCH3 is 1. The molecule has 1 aliphatic rings. The van der Waals surface area contributed by atoms with Crippen molar-refractivity contribution in [3.8, 4) is 0 Å². The number of carboxylic acids is 1. The summed E-state index contributed by atoms with van der Waals surface area (Å²) in [6.45, 7) is 3.21. The summed E-state index contributed by atoms with van der Waals surface area (Å²) >= 11 is 0. The quantitative estimate of drug-likeness (QED) is 0.623. The average Bonchev–Trinajstić information content (AvgIpc) is 2.33. The maximum atomic E-state index is 11.9. The van der Waals surface area contributed by atoms with Gasteiger partial charge in [0.15, 0.2) is 0 Å². The third-order valence-electron chi connectivity index (χ3n) is 3.21. The molecule has 0 bridgehead atoms. The number of aliphatic carboxylic acids is 1. The van der Waals surface area contributed by atoms with Gasteiger partial charge in [-0.1, -0.05) is 6.92 Å². The van der Waals surface area contributed by atoms with Gasteiger partial charge < -0.3 is 20.5 Å². The number of ether oxygens (including phenoxy) is 1. The first-order valence-electron chi connectivity index (χ1n) is 6.30. The fourth-order valence-corrected chi connectivity index (χ4v) is 2.07. The van der Waals surface area contributed by atoms with Crippen LogP contribution in [-0.4, -0.2) is 49.3 Å². The molecule has 104 valence electrons. The van der Waals surface area contributed by atoms with Gasteiger partial charge in [0.25, 0.3) is 0 Å². The Morgan fingerprint density at radius 3 is 2.83 bits per heavy atom. The highest BCUT2D eigenvalue weighted by Gasteiger charge is 2.28. The Morgan fingerprint density at radius 1 is 1.56 bits per heavy atom. The summed E-state index contributed by atoms with van der Waals surface area (Å²) in [5.74, 6) is -0.765. The zero-order valence-corrected chi connectivity index (χ0v) is 10.9. The highest BCUT2D eigenvalue weighted by molar-refractivity contribution is 5.87. The highest BCUT2D eigenvalue weighted by Crippen LogP contribution is 2.15. The van der Waals surface area contributed by atoms with E-state index in [0.717, 1.165) is 19.4 Å². The molecule has 0 spiro atoms. The number of carboxylic acid groups (broad SMARTS) is 1. The minimum Gasteiger partial charge on any atom is -0.480 e. The van der Waals surface area contributed by atoms with Crippen molar-refractivity contribution in [1.29, 1.82) is 0 Å². The van der Waals surface area contributed by atoms with E-state index in [0.29, 0.717) is 12.5 Å². The van der Waals surface area contributed by atoms with Crippen LogP contribution < -0.4 is 10.6 Å². The third kappa shape index (κ3) is 4.62. The summed E-state index contributed by atoms with van der Waals surface area (Å²) in [7, 11) is 1.51. The molecule has 1 saturated heterocycles. The molecule has 1 heterocycles. The van der Waals surface area contributed by atoms with Crippen molar-refractivity contribution in [2.45, 2.75) is 38.3 Å². The standard InChI is InChI=1S/C12H22N2O4/c1-8-3-5-13-10(7-8)11(15)14-9(12(16)17)4-6-18-2/h8-10,13H,3-7H2,1-2H3,(H,14,15)(H,16,17). The van der Waals surface area contributed by atoms with Crippen LogP contribution in [0.5, 0.6) is 0 Å².